The third kappa shape index (κ3) is 5.37. The van der Waals surface area contributed by atoms with Crippen LogP contribution < -0.4 is 10.1 Å². The summed E-state index contributed by atoms with van der Waals surface area (Å²) in [7, 11) is 0. The smallest absolute Gasteiger partial charge is 0.119 e. The van der Waals surface area contributed by atoms with E-state index in [0.29, 0.717) is 0 Å². The number of hydrogen-bond acceptors (Lipinski definition) is 3. The molecule has 3 heteroatoms. The zero-order chi connectivity index (χ0) is 12.7. The Balaban J connectivity index is 2.38. The lowest BCUT2D eigenvalue weighted by atomic mass is 10.1. The van der Waals surface area contributed by atoms with Crippen molar-refractivity contribution in [2.75, 3.05) is 6.54 Å². The molecule has 1 atom stereocenters. The zero-order valence-corrected chi connectivity index (χ0v) is 10.7. The van der Waals surface area contributed by atoms with E-state index in [4.69, 9.17) is 10.00 Å². The maximum absolute atomic E-state index is 8.62. The number of nitriles is 1. The fourth-order valence-electron chi connectivity index (χ4n) is 1.49. The molecule has 1 N–H and O–H groups in total. The van der Waals surface area contributed by atoms with Crippen LogP contribution in [0.15, 0.2) is 24.3 Å². The first kappa shape index (κ1) is 13.5. The van der Waals surface area contributed by atoms with Gasteiger partial charge in [0.2, 0.25) is 0 Å². The lowest BCUT2D eigenvalue weighted by molar-refractivity contribution is 0.242. The Morgan fingerprint density at radius 2 is 1.88 bits per heavy atom. The predicted molar refractivity (Wildman–Crippen MR) is 69.0 cm³/mol. The van der Waals surface area contributed by atoms with Gasteiger partial charge in [-0.05, 0) is 44.9 Å². The minimum absolute atomic E-state index is 0.0847. The van der Waals surface area contributed by atoms with Gasteiger partial charge in [-0.3, -0.25) is 0 Å². The SMILES string of the molecule is CC(C#N)NCCc1ccc(OC(C)C)cc1. The number of nitrogens with one attached hydrogen (secondary N) is 1. The van der Waals surface area contributed by atoms with Gasteiger partial charge < -0.3 is 10.1 Å². The molecule has 0 bridgehead atoms. The number of nitrogens with zero attached hydrogens (tertiary/aromatic N) is 1. The quantitative estimate of drug-likeness (QED) is 0.819. The topological polar surface area (TPSA) is 45.0 Å². The highest BCUT2D eigenvalue weighted by molar-refractivity contribution is 5.27. The first-order valence-electron chi connectivity index (χ1n) is 6.00. The maximum Gasteiger partial charge on any atom is 0.119 e. The van der Waals surface area contributed by atoms with Gasteiger partial charge in [0, 0.05) is 6.54 Å². The van der Waals surface area contributed by atoms with Gasteiger partial charge in [0.15, 0.2) is 0 Å². The van der Waals surface area contributed by atoms with Gasteiger partial charge in [0.1, 0.15) is 5.75 Å². The van der Waals surface area contributed by atoms with E-state index in [2.05, 4.69) is 23.5 Å². The number of hydrogen-bond donors (Lipinski definition) is 1. The fraction of sp³-hybridized carbons (Fsp3) is 0.500. The summed E-state index contributed by atoms with van der Waals surface area (Å²) in [6.07, 6.45) is 1.13. The van der Waals surface area contributed by atoms with Crippen LogP contribution in [-0.4, -0.2) is 18.7 Å². The molecule has 0 heterocycles. The van der Waals surface area contributed by atoms with Crippen LogP contribution >= 0.6 is 0 Å². The predicted octanol–water partition coefficient (Wildman–Crippen LogP) is 2.52. The lowest BCUT2D eigenvalue weighted by Gasteiger charge is -2.10. The molecular formula is C14H20N2O. The van der Waals surface area contributed by atoms with E-state index < -0.39 is 0 Å². The van der Waals surface area contributed by atoms with Gasteiger partial charge in [0.05, 0.1) is 18.2 Å². The summed E-state index contributed by atoms with van der Waals surface area (Å²) in [6, 6.07) is 10.2. The van der Waals surface area contributed by atoms with E-state index in [-0.39, 0.29) is 12.1 Å². The van der Waals surface area contributed by atoms with Crippen LogP contribution in [0.25, 0.3) is 0 Å². The second-order valence-electron chi connectivity index (χ2n) is 4.37. The van der Waals surface area contributed by atoms with Crippen molar-refractivity contribution in [2.24, 2.45) is 0 Å². The number of benzene rings is 1. The molecule has 0 aliphatic heterocycles. The number of rotatable bonds is 6. The van der Waals surface area contributed by atoms with E-state index in [1.807, 2.05) is 32.9 Å². The van der Waals surface area contributed by atoms with Crippen molar-refractivity contribution in [2.45, 2.75) is 39.3 Å². The highest BCUT2D eigenvalue weighted by atomic mass is 16.5. The van der Waals surface area contributed by atoms with Crippen LogP contribution in [0, 0.1) is 11.3 Å². The molecule has 1 unspecified atom stereocenters. The molecule has 3 nitrogen and oxygen atoms in total. The summed E-state index contributed by atoms with van der Waals surface area (Å²) >= 11 is 0. The van der Waals surface area contributed by atoms with Gasteiger partial charge in [-0.25, -0.2) is 0 Å². The van der Waals surface area contributed by atoms with Crippen molar-refractivity contribution in [1.82, 2.24) is 5.32 Å². The van der Waals surface area contributed by atoms with E-state index in [0.717, 1.165) is 18.7 Å². The average molecular weight is 232 g/mol. The Bertz CT molecular complexity index is 365. The van der Waals surface area contributed by atoms with Gasteiger partial charge in [0.25, 0.3) is 0 Å². The molecule has 0 aliphatic carbocycles. The van der Waals surface area contributed by atoms with Crippen LogP contribution in [0.5, 0.6) is 5.75 Å². The Morgan fingerprint density at radius 1 is 1.24 bits per heavy atom. The summed E-state index contributed by atoms with van der Waals surface area (Å²) in [5, 5.41) is 11.8. The summed E-state index contributed by atoms with van der Waals surface area (Å²) in [5.41, 5.74) is 1.25. The van der Waals surface area contributed by atoms with Crippen molar-refractivity contribution in [3.8, 4) is 11.8 Å². The van der Waals surface area contributed by atoms with E-state index in [1.54, 1.807) is 0 Å². The first-order valence-corrected chi connectivity index (χ1v) is 6.00. The molecule has 1 rings (SSSR count). The second kappa shape index (κ2) is 6.93. The van der Waals surface area contributed by atoms with Crippen LogP contribution in [0.2, 0.25) is 0 Å². The molecule has 0 amide bonds. The summed E-state index contributed by atoms with van der Waals surface area (Å²) in [6.45, 7) is 6.71. The van der Waals surface area contributed by atoms with Gasteiger partial charge in [-0.15, -0.1) is 0 Å². The highest BCUT2D eigenvalue weighted by Crippen LogP contribution is 2.13. The fourth-order valence-corrected chi connectivity index (χ4v) is 1.49. The molecule has 92 valence electrons. The normalized spacial score (nSPS) is 12.2. The molecule has 17 heavy (non-hydrogen) atoms. The van der Waals surface area contributed by atoms with Crippen LogP contribution in [0.1, 0.15) is 26.3 Å². The summed E-state index contributed by atoms with van der Waals surface area (Å²) < 4.78 is 5.57. The van der Waals surface area contributed by atoms with E-state index in [9.17, 15) is 0 Å². The second-order valence-corrected chi connectivity index (χ2v) is 4.37. The largest absolute Gasteiger partial charge is 0.491 e. The Kier molecular flexibility index (Phi) is 5.51. The lowest BCUT2D eigenvalue weighted by Crippen LogP contribution is -2.26. The van der Waals surface area contributed by atoms with Crippen LogP contribution in [0.3, 0.4) is 0 Å². The van der Waals surface area contributed by atoms with E-state index >= 15 is 0 Å². The van der Waals surface area contributed by atoms with Gasteiger partial charge >= 0.3 is 0 Å². The molecule has 1 aromatic carbocycles. The Morgan fingerprint density at radius 3 is 2.41 bits per heavy atom. The molecule has 0 aliphatic rings. The van der Waals surface area contributed by atoms with Crippen molar-refractivity contribution < 1.29 is 4.74 Å². The molecular weight excluding hydrogens is 212 g/mol. The molecule has 0 radical (unpaired) electrons. The average Bonchev–Trinajstić information content (AvgIpc) is 2.30. The van der Waals surface area contributed by atoms with Crippen molar-refractivity contribution in [3.05, 3.63) is 29.8 Å². The standard InChI is InChI=1S/C14H20N2O/c1-11(2)17-14-6-4-13(5-7-14)8-9-16-12(3)10-15/h4-7,11-12,16H,8-9H2,1-3H3. The minimum atomic E-state index is -0.0847. The zero-order valence-electron chi connectivity index (χ0n) is 10.7. The summed E-state index contributed by atoms with van der Waals surface area (Å²) in [5.74, 6) is 0.905. The molecule has 0 aromatic heterocycles. The van der Waals surface area contributed by atoms with Crippen molar-refractivity contribution >= 4 is 0 Å². The van der Waals surface area contributed by atoms with Crippen LogP contribution in [0.4, 0.5) is 0 Å². The monoisotopic (exact) mass is 232 g/mol. The summed E-state index contributed by atoms with van der Waals surface area (Å²) in [4.78, 5) is 0. The Hall–Kier alpha value is -1.53. The maximum atomic E-state index is 8.62. The minimum Gasteiger partial charge on any atom is -0.491 e. The molecule has 1 aromatic rings. The third-order valence-corrected chi connectivity index (χ3v) is 2.35. The Labute approximate surface area is 103 Å². The number of ether oxygens (including phenoxy) is 1. The van der Waals surface area contributed by atoms with Crippen LogP contribution in [-0.2, 0) is 6.42 Å². The third-order valence-electron chi connectivity index (χ3n) is 2.35. The van der Waals surface area contributed by atoms with Gasteiger partial charge in [-0.1, -0.05) is 12.1 Å². The van der Waals surface area contributed by atoms with Crippen molar-refractivity contribution in [3.63, 3.8) is 0 Å². The molecule has 0 fully saturated rings. The van der Waals surface area contributed by atoms with Crippen molar-refractivity contribution in [1.29, 1.82) is 5.26 Å². The first-order chi connectivity index (χ1) is 8.11. The highest BCUT2D eigenvalue weighted by Gasteiger charge is 2.00. The molecule has 0 saturated carbocycles. The molecule has 0 spiro atoms. The molecule has 0 saturated heterocycles. The van der Waals surface area contributed by atoms with E-state index in [1.165, 1.54) is 5.56 Å². The van der Waals surface area contributed by atoms with Gasteiger partial charge in [-0.2, -0.15) is 5.26 Å².